The van der Waals surface area contributed by atoms with E-state index in [1.807, 2.05) is 19.9 Å². The summed E-state index contributed by atoms with van der Waals surface area (Å²) in [6, 6.07) is 10.7. The van der Waals surface area contributed by atoms with Gasteiger partial charge in [-0.25, -0.2) is 9.98 Å². The Morgan fingerprint density at radius 2 is 1.86 bits per heavy atom. The number of benzene rings is 1. The van der Waals surface area contributed by atoms with Crippen molar-refractivity contribution < 1.29 is 4.42 Å². The van der Waals surface area contributed by atoms with Gasteiger partial charge in [0.2, 0.25) is 5.89 Å². The highest BCUT2D eigenvalue weighted by Crippen LogP contribution is 2.15. The lowest BCUT2D eigenvalue weighted by Crippen LogP contribution is -2.52. The summed E-state index contributed by atoms with van der Waals surface area (Å²) in [6.07, 6.45) is 0. The molecule has 0 spiro atoms. The summed E-state index contributed by atoms with van der Waals surface area (Å²) < 4.78 is 5.60. The first-order valence-corrected chi connectivity index (χ1v) is 9.58. The van der Waals surface area contributed by atoms with E-state index in [9.17, 15) is 0 Å². The number of guanidine groups is 1. The molecule has 0 aliphatic carbocycles. The van der Waals surface area contributed by atoms with Crippen LogP contribution in [0, 0.1) is 13.8 Å². The van der Waals surface area contributed by atoms with Gasteiger partial charge in [0, 0.05) is 24.7 Å². The van der Waals surface area contributed by atoms with E-state index in [-0.39, 0.29) is 35.6 Å². The molecular weight excluding hydrogens is 465 g/mol. The number of hydrogen-bond acceptors (Lipinski definition) is 4. The highest BCUT2D eigenvalue weighted by molar-refractivity contribution is 14.0. The maximum atomic E-state index is 5.60. The fourth-order valence-electron chi connectivity index (χ4n) is 2.86. The number of oxazole rings is 1. The average Bonchev–Trinajstić information content (AvgIpc) is 2.95. The fraction of sp³-hybridized carbons (Fsp3) is 0.524. The molecule has 0 saturated heterocycles. The lowest BCUT2D eigenvalue weighted by molar-refractivity contribution is 0.344. The van der Waals surface area contributed by atoms with Gasteiger partial charge in [0.15, 0.2) is 5.96 Å². The molecule has 0 amide bonds. The van der Waals surface area contributed by atoms with Crippen LogP contribution in [0.15, 0.2) is 39.7 Å². The molecule has 7 heteroatoms. The van der Waals surface area contributed by atoms with Gasteiger partial charge in [-0.1, -0.05) is 30.3 Å². The third-order valence-corrected chi connectivity index (χ3v) is 4.39. The van der Waals surface area contributed by atoms with Crippen molar-refractivity contribution in [3.8, 4) is 0 Å². The first kappa shape index (κ1) is 24.4. The molecule has 6 nitrogen and oxygen atoms in total. The topological polar surface area (TPSA) is 74.5 Å². The van der Waals surface area contributed by atoms with Gasteiger partial charge in [-0.2, -0.15) is 0 Å². The van der Waals surface area contributed by atoms with E-state index in [4.69, 9.17) is 4.42 Å². The van der Waals surface area contributed by atoms with Crippen LogP contribution in [0.1, 0.15) is 56.6 Å². The van der Waals surface area contributed by atoms with Crippen LogP contribution in [0.3, 0.4) is 0 Å². The molecule has 0 aliphatic rings. The molecule has 2 rings (SSSR count). The molecule has 28 heavy (non-hydrogen) atoms. The Balaban J connectivity index is 0.00000392. The molecular formula is C21H34IN5O. The molecule has 1 aromatic heterocycles. The average molecular weight is 499 g/mol. The SMILES string of the molecule is CCNC(=NCc1nc(C)c(C)o1)NCC(C)(C)NC(C)c1ccccc1.I. The zero-order valence-electron chi connectivity index (χ0n) is 17.8. The standard InChI is InChI=1S/C21H33N5O.HI/c1-7-22-20(23-13-19-25-15(2)17(4)27-19)24-14-21(5,6)26-16(3)18-11-9-8-10-12-18;/h8-12,16,26H,7,13-14H2,1-6H3,(H2,22,23,24);1H. The predicted molar refractivity (Wildman–Crippen MR) is 126 cm³/mol. The Morgan fingerprint density at radius 3 is 2.43 bits per heavy atom. The smallest absolute Gasteiger partial charge is 0.216 e. The Morgan fingerprint density at radius 1 is 1.18 bits per heavy atom. The van der Waals surface area contributed by atoms with Crippen LogP contribution < -0.4 is 16.0 Å². The quantitative estimate of drug-likeness (QED) is 0.290. The van der Waals surface area contributed by atoms with Crippen LogP contribution in [0.5, 0.6) is 0 Å². The van der Waals surface area contributed by atoms with Crippen molar-refractivity contribution >= 4 is 29.9 Å². The van der Waals surface area contributed by atoms with Gasteiger partial charge < -0.3 is 20.4 Å². The van der Waals surface area contributed by atoms with Crippen LogP contribution in [-0.4, -0.2) is 29.6 Å². The van der Waals surface area contributed by atoms with Gasteiger partial charge in [0.25, 0.3) is 0 Å². The van der Waals surface area contributed by atoms with Crippen LogP contribution in [0.2, 0.25) is 0 Å². The van der Waals surface area contributed by atoms with E-state index >= 15 is 0 Å². The van der Waals surface area contributed by atoms with E-state index in [2.05, 4.69) is 77.9 Å². The van der Waals surface area contributed by atoms with Crippen molar-refractivity contribution in [3.05, 3.63) is 53.2 Å². The number of nitrogens with one attached hydrogen (secondary N) is 3. The van der Waals surface area contributed by atoms with Gasteiger partial charge in [0.1, 0.15) is 12.3 Å². The van der Waals surface area contributed by atoms with Crippen molar-refractivity contribution in [2.75, 3.05) is 13.1 Å². The van der Waals surface area contributed by atoms with E-state index in [0.29, 0.717) is 12.4 Å². The number of rotatable bonds is 8. The zero-order chi connectivity index (χ0) is 19.9. The van der Waals surface area contributed by atoms with Crippen molar-refractivity contribution in [3.63, 3.8) is 0 Å². The van der Waals surface area contributed by atoms with Gasteiger partial charge in [-0.15, -0.1) is 24.0 Å². The molecule has 2 aromatic rings. The normalized spacial score (nSPS) is 13.0. The number of hydrogen-bond donors (Lipinski definition) is 3. The Kier molecular flexibility index (Phi) is 9.95. The summed E-state index contributed by atoms with van der Waals surface area (Å²) in [7, 11) is 0. The summed E-state index contributed by atoms with van der Waals surface area (Å²) in [5, 5.41) is 10.4. The lowest BCUT2D eigenvalue weighted by Gasteiger charge is -2.31. The molecule has 3 N–H and O–H groups in total. The molecule has 1 unspecified atom stereocenters. The van der Waals surface area contributed by atoms with Crippen molar-refractivity contribution in [2.45, 2.75) is 59.7 Å². The predicted octanol–water partition coefficient (Wildman–Crippen LogP) is 4.09. The second-order valence-electron chi connectivity index (χ2n) is 7.46. The van der Waals surface area contributed by atoms with Gasteiger partial charge in [-0.3, -0.25) is 0 Å². The summed E-state index contributed by atoms with van der Waals surface area (Å²) in [5.41, 5.74) is 2.08. The second kappa shape index (κ2) is 11.4. The molecule has 156 valence electrons. The highest BCUT2D eigenvalue weighted by Gasteiger charge is 2.21. The molecule has 1 heterocycles. The highest BCUT2D eigenvalue weighted by atomic mass is 127. The van der Waals surface area contributed by atoms with Crippen LogP contribution in [-0.2, 0) is 6.54 Å². The van der Waals surface area contributed by atoms with Gasteiger partial charge in [0.05, 0.1) is 5.69 Å². The Bertz CT molecular complexity index is 723. The maximum Gasteiger partial charge on any atom is 0.216 e. The van der Waals surface area contributed by atoms with Crippen LogP contribution in [0.25, 0.3) is 0 Å². The summed E-state index contributed by atoms with van der Waals surface area (Å²) in [5.74, 6) is 2.24. The van der Waals surface area contributed by atoms with Crippen LogP contribution >= 0.6 is 24.0 Å². The summed E-state index contributed by atoms with van der Waals surface area (Å²) in [4.78, 5) is 8.97. The lowest BCUT2D eigenvalue weighted by atomic mass is 10.0. The molecule has 1 atom stereocenters. The van der Waals surface area contributed by atoms with Gasteiger partial charge in [-0.05, 0) is 47.1 Å². The number of aliphatic imine (C=N–C) groups is 1. The minimum absolute atomic E-state index is 0. The molecule has 0 fully saturated rings. The number of nitrogens with zero attached hydrogens (tertiary/aromatic N) is 2. The van der Waals surface area contributed by atoms with E-state index < -0.39 is 0 Å². The fourth-order valence-corrected chi connectivity index (χ4v) is 2.86. The third kappa shape index (κ3) is 7.79. The largest absolute Gasteiger partial charge is 0.444 e. The Hall–Kier alpha value is -1.61. The molecule has 0 radical (unpaired) electrons. The maximum absolute atomic E-state index is 5.60. The van der Waals surface area contributed by atoms with E-state index in [1.165, 1.54) is 5.56 Å². The van der Waals surface area contributed by atoms with E-state index in [0.717, 1.165) is 30.5 Å². The van der Waals surface area contributed by atoms with Crippen molar-refractivity contribution in [1.82, 2.24) is 20.9 Å². The molecule has 0 aliphatic heterocycles. The van der Waals surface area contributed by atoms with E-state index in [1.54, 1.807) is 0 Å². The molecule has 0 saturated carbocycles. The third-order valence-electron chi connectivity index (χ3n) is 4.39. The number of aryl methyl sites for hydroxylation is 2. The van der Waals surface area contributed by atoms with Crippen molar-refractivity contribution in [2.24, 2.45) is 4.99 Å². The monoisotopic (exact) mass is 499 g/mol. The van der Waals surface area contributed by atoms with Crippen molar-refractivity contribution in [1.29, 1.82) is 0 Å². The first-order valence-electron chi connectivity index (χ1n) is 9.58. The van der Waals surface area contributed by atoms with Gasteiger partial charge >= 0.3 is 0 Å². The molecule has 0 bridgehead atoms. The second-order valence-corrected chi connectivity index (χ2v) is 7.46. The summed E-state index contributed by atoms with van der Waals surface area (Å²) in [6.45, 7) is 14.4. The summed E-state index contributed by atoms with van der Waals surface area (Å²) >= 11 is 0. The zero-order valence-corrected chi connectivity index (χ0v) is 20.1. The minimum Gasteiger partial charge on any atom is -0.444 e. The van der Waals surface area contributed by atoms with Crippen LogP contribution in [0.4, 0.5) is 0 Å². The number of halogens is 1. The Labute approximate surface area is 186 Å². The number of aromatic nitrogens is 1. The first-order chi connectivity index (χ1) is 12.8. The minimum atomic E-state index is -0.110. The molecule has 1 aromatic carbocycles.